The van der Waals surface area contributed by atoms with E-state index in [9.17, 15) is 4.79 Å². The van der Waals surface area contributed by atoms with E-state index in [1.165, 1.54) is 24.8 Å². The summed E-state index contributed by atoms with van der Waals surface area (Å²) in [5.74, 6) is 1.37. The molecule has 128 valence electrons. The van der Waals surface area contributed by atoms with Crippen molar-refractivity contribution in [3.05, 3.63) is 29.8 Å². The number of carbonyl (C=O) groups is 1. The minimum absolute atomic E-state index is 0.0140. The van der Waals surface area contributed by atoms with Gasteiger partial charge in [0.2, 0.25) is 5.91 Å². The van der Waals surface area contributed by atoms with Gasteiger partial charge in [0.15, 0.2) is 0 Å². The first-order valence-corrected chi connectivity index (χ1v) is 9.00. The monoisotopic (exact) mass is 317 g/mol. The second-order valence-corrected chi connectivity index (χ2v) is 6.99. The van der Waals surface area contributed by atoms with Crippen molar-refractivity contribution < 1.29 is 9.53 Å². The van der Waals surface area contributed by atoms with E-state index in [4.69, 9.17) is 4.74 Å². The zero-order valence-corrected chi connectivity index (χ0v) is 15.0. The van der Waals surface area contributed by atoms with Gasteiger partial charge in [-0.2, -0.15) is 0 Å². The molecule has 0 N–H and O–H groups in total. The van der Waals surface area contributed by atoms with Gasteiger partial charge in [-0.25, -0.2) is 0 Å². The number of nitrogens with zero attached hydrogens (tertiary/aromatic N) is 1. The van der Waals surface area contributed by atoms with E-state index >= 15 is 0 Å². The van der Waals surface area contributed by atoms with Crippen molar-refractivity contribution in [3.63, 3.8) is 0 Å². The summed E-state index contributed by atoms with van der Waals surface area (Å²) < 4.78 is 6.18. The highest BCUT2D eigenvalue weighted by molar-refractivity contribution is 5.79. The molecule has 1 amide bonds. The third-order valence-corrected chi connectivity index (χ3v) is 5.01. The van der Waals surface area contributed by atoms with Crippen LogP contribution in [0.4, 0.5) is 0 Å². The van der Waals surface area contributed by atoms with Crippen molar-refractivity contribution in [2.45, 2.75) is 64.4 Å². The standard InChI is InChI=1S/C20H31NO2/c1-5-19(15(2)20(22)21(3)4)16-10-9-13-18(14-16)23-17-11-7-6-8-12-17/h9-10,13-15,17,19H,5-8,11-12H2,1-4H3/t15-,19-/m1/s1. The van der Waals surface area contributed by atoms with Gasteiger partial charge in [0.05, 0.1) is 6.10 Å². The molecule has 23 heavy (non-hydrogen) atoms. The van der Waals surface area contributed by atoms with Crippen molar-refractivity contribution in [2.75, 3.05) is 14.1 Å². The summed E-state index contributed by atoms with van der Waals surface area (Å²) in [4.78, 5) is 14.0. The lowest BCUT2D eigenvalue weighted by Gasteiger charge is -2.26. The summed E-state index contributed by atoms with van der Waals surface area (Å²) in [5.41, 5.74) is 1.21. The molecule has 1 aliphatic rings. The number of hydrogen-bond acceptors (Lipinski definition) is 2. The quantitative estimate of drug-likeness (QED) is 0.766. The lowest BCUT2D eigenvalue weighted by atomic mass is 9.84. The summed E-state index contributed by atoms with van der Waals surface area (Å²) in [5, 5.41) is 0. The molecule has 3 nitrogen and oxygen atoms in total. The zero-order valence-electron chi connectivity index (χ0n) is 15.0. The van der Waals surface area contributed by atoms with Crippen LogP contribution >= 0.6 is 0 Å². The van der Waals surface area contributed by atoms with E-state index in [1.54, 1.807) is 4.90 Å². The van der Waals surface area contributed by atoms with Crippen LogP contribution in [0.3, 0.4) is 0 Å². The van der Waals surface area contributed by atoms with E-state index < -0.39 is 0 Å². The molecule has 3 heteroatoms. The largest absolute Gasteiger partial charge is 0.490 e. The predicted molar refractivity (Wildman–Crippen MR) is 94.8 cm³/mol. The van der Waals surface area contributed by atoms with Crippen LogP contribution in [0.15, 0.2) is 24.3 Å². The summed E-state index contributed by atoms with van der Waals surface area (Å²) in [7, 11) is 3.66. The van der Waals surface area contributed by atoms with Gasteiger partial charge in [-0.3, -0.25) is 4.79 Å². The Morgan fingerprint density at radius 3 is 2.57 bits per heavy atom. The lowest BCUT2D eigenvalue weighted by Crippen LogP contribution is -2.31. The number of benzene rings is 1. The first-order valence-electron chi connectivity index (χ1n) is 9.00. The van der Waals surface area contributed by atoms with Crippen molar-refractivity contribution in [3.8, 4) is 5.75 Å². The summed E-state index contributed by atoms with van der Waals surface area (Å²) in [6.07, 6.45) is 7.52. The highest BCUT2D eigenvalue weighted by Gasteiger charge is 2.25. The molecule has 0 heterocycles. The Hall–Kier alpha value is -1.51. The topological polar surface area (TPSA) is 29.5 Å². The van der Waals surface area contributed by atoms with Gasteiger partial charge < -0.3 is 9.64 Å². The Labute approximate surface area is 141 Å². The van der Waals surface area contributed by atoms with Gasteiger partial charge in [0.1, 0.15) is 5.75 Å². The van der Waals surface area contributed by atoms with Crippen LogP contribution in [0.5, 0.6) is 5.75 Å². The third-order valence-electron chi connectivity index (χ3n) is 5.01. The number of rotatable bonds is 6. The van der Waals surface area contributed by atoms with Gasteiger partial charge in [-0.05, 0) is 55.7 Å². The molecule has 2 rings (SSSR count). The second-order valence-electron chi connectivity index (χ2n) is 6.99. The minimum atomic E-state index is -0.0140. The Kier molecular flexibility index (Phi) is 6.49. The molecule has 0 bridgehead atoms. The maximum Gasteiger partial charge on any atom is 0.225 e. The van der Waals surface area contributed by atoms with Crippen LogP contribution in [0, 0.1) is 5.92 Å². The Morgan fingerprint density at radius 2 is 1.96 bits per heavy atom. The molecule has 0 aliphatic heterocycles. The molecule has 0 saturated heterocycles. The summed E-state index contributed by atoms with van der Waals surface area (Å²) in [6.45, 7) is 4.18. The van der Waals surface area contributed by atoms with E-state index in [-0.39, 0.29) is 17.7 Å². The molecule has 2 atom stereocenters. The highest BCUT2D eigenvalue weighted by Crippen LogP contribution is 2.32. The van der Waals surface area contributed by atoms with Crippen LogP contribution in [0.25, 0.3) is 0 Å². The number of ether oxygens (including phenoxy) is 1. The van der Waals surface area contributed by atoms with Gasteiger partial charge in [0.25, 0.3) is 0 Å². The lowest BCUT2D eigenvalue weighted by molar-refractivity contribution is -0.133. The molecular formula is C20H31NO2. The molecule has 0 radical (unpaired) electrons. The fraction of sp³-hybridized carbons (Fsp3) is 0.650. The fourth-order valence-electron chi connectivity index (χ4n) is 3.65. The third kappa shape index (κ3) is 4.73. The maximum atomic E-state index is 12.3. The average Bonchev–Trinajstić information content (AvgIpc) is 2.56. The summed E-state index contributed by atoms with van der Waals surface area (Å²) in [6, 6.07) is 8.37. The molecule has 1 saturated carbocycles. The smallest absolute Gasteiger partial charge is 0.225 e. The van der Waals surface area contributed by atoms with E-state index in [0.717, 1.165) is 25.0 Å². The highest BCUT2D eigenvalue weighted by atomic mass is 16.5. The molecule has 0 unspecified atom stereocenters. The Balaban J connectivity index is 2.11. The maximum absolute atomic E-state index is 12.3. The van der Waals surface area contributed by atoms with Crippen molar-refractivity contribution in [2.24, 2.45) is 5.92 Å². The van der Waals surface area contributed by atoms with E-state index in [1.807, 2.05) is 27.1 Å². The van der Waals surface area contributed by atoms with Crippen LogP contribution in [-0.4, -0.2) is 31.0 Å². The van der Waals surface area contributed by atoms with Crippen molar-refractivity contribution >= 4 is 5.91 Å². The van der Waals surface area contributed by atoms with Crippen LogP contribution in [0.2, 0.25) is 0 Å². The molecule has 1 aliphatic carbocycles. The Morgan fingerprint density at radius 1 is 1.26 bits per heavy atom. The number of hydrogen-bond donors (Lipinski definition) is 0. The fourth-order valence-corrected chi connectivity index (χ4v) is 3.65. The number of carbonyl (C=O) groups excluding carboxylic acids is 1. The van der Waals surface area contributed by atoms with E-state index in [0.29, 0.717) is 6.10 Å². The van der Waals surface area contributed by atoms with Gasteiger partial charge >= 0.3 is 0 Å². The molecule has 0 spiro atoms. The van der Waals surface area contributed by atoms with E-state index in [2.05, 4.69) is 25.1 Å². The molecule has 1 aromatic carbocycles. The summed E-state index contributed by atoms with van der Waals surface area (Å²) >= 11 is 0. The first-order chi connectivity index (χ1) is 11.0. The first kappa shape index (κ1) is 17.8. The van der Waals surface area contributed by atoms with Gasteiger partial charge in [0, 0.05) is 20.0 Å². The minimum Gasteiger partial charge on any atom is -0.490 e. The van der Waals surface area contributed by atoms with Gasteiger partial charge in [-0.15, -0.1) is 0 Å². The molecule has 1 fully saturated rings. The second kappa shape index (κ2) is 8.37. The molecule has 1 aromatic rings. The molecule has 0 aromatic heterocycles. The van der Waals surface area contributed by atoms with Crippen LogP contribution < -0.4 is 4.74 Å². The van der Waals surface area contributed by atoms with Crippen LogP contribution in [0.1, 0.15) is 63.9 Å². The zero-order chi connectivity index (χ0) is 16.8. The molecular weight excluding hydrogens is 286 g/mol. The SMILES string of the molecule is CC[C@@H](c1cccc(OC2CCCCC2)c1)[C@@H](C)C(=O)N(C)C. The van der Waals surface area contributed by atoms with Gasteiger partial charge in [-0.1, -0.05) is 32.4 Å². The van der Waals surface area contributed by atoms with Crippen molar-refractivity contribution in [1.29, 1.82) is 0 Å². The predicted octanol–water partition coefficient (Wildman–Crippen LogP) is 4.62. The number of amides is 1. The average molecular weight is 317 g/mol. The Bertz CT molecular complexity index is 506. The van der Waals surface area contributed by atoms with Crippen LogP contribution in [-0.2, 0) is 4.79 Å². The normalized spacial score (nSPS) is 18.3. The van der Waals surface area contributed by atoms with Crippen molar-refractivity contribution in [1.82, 2.24) is 4.90 Å².